The summed E-state index contributed by atoms with van der Waals surface area (Å²) in [4.78, 5) is 19.4. The van der Waals surface area contributed by atoms with Crippen LogP contribution in [0, 0.1) is 0 Å². The van der Waals surface area contributed by atoms with Crippen molar-refractivity contribution < 1.29 is 4.79 Å². The minimum absolute atomic E-state index is 0. The van der Waals surface area contributed by atoms with Crippen LogP contribution in [0.15, 0.2) is 18.5 Å². The van der Waals surface area contributed by atoms with E-state index in [1.54, 1.807) is 18.5 Å². The first-order valence-electron chi connectivity index (χ1n) is 4.67. The number of rotatable bonds is 2. The van der Waals surface area contributed by atoms with E-state index in [4.69, 9.17) is 0 Å². The summed E-state index contributed by atoms with van der Waals surface area (Å²) in [5, 5.41) is 5.77. The fraction of sp³-hybridized carbons (Fsp3) is 0.444. The second-order valence-corrected chi connectivity index (χ2v) is 3.21. The van der Waals surface area contributed by atoms with Gasteiger partial charge in [0.2, 0.25) is 11.9 Å². The van der Waals surface area contributed by atoms with Gasteiger partial charge in [-0.25, -0.2) is 9.97 Å². The van der Waals surface area contributed by atoms with Crippen molar-refractivity contribution in [2.75, 3.05) is 11.9 Å². The predicted molar refractivity (Wildman–Crippen MR) is 62.0 cm³/mol. The molecule has 1 fully saturated rings. The van der Waals surface area contributed by atoms with Gasteiger partial charge in [-0.15, -0.1) is 17.0 Å². The maximum atomic E-state index is 11.6. The Morgan fingerprint density at radius 1 is 1.47 bits per heavy atom. The number of nitrogens with one attached hydrogen (secondary N) is 2. The maximum Gasteiger partial charge on any atom is 0.243 e. The Labute approximate surface area is 98.5 Å². The van der Waals surface area contributed by atoms with Crippen LogP contribution in [0.4, 0.5) is 5.95 Å². The molecule has 0 spiro atoms. The van der Waals surface area contributed by atoms with Crippen LogP contribution in [0.5, 0.6) is 0 Å². The molecule has 1 aliphatic rings. The molecule has 1 unspecified atom stereocenters. The molecule has 0 radical (unpaired) electrons. The quantitative estimate of drug-likeness (QED) is 0.834. The number of aromatic nitrogens is 2. The zero-order chi connectivity index (χ0) is 9.80. The largest absolute Gasteiger partial charge is 0.306 e. The summed E-state index contributed by atoms with van der Waals surface area (Å²) in [7, 11) is 0. The lowest BCUT2D eigenvalue weighted by atomic mass is 10.2. The summed E-state index contributed by atoms with van der Waals surface area (Å²) in [6, 6.07) is 1.63. The number of carbonyl (C=O) groups excluding carboxylic acids is 1. The molecule has 2 N–H and O–H groups in total. The van der Waals surface area contributed by atoms with E-state index >= 15 is 0 Å². The van der Waals surface area contributed by atoms with Gasteiger partial charge in [0.05, 0.1) is 6.04 Å². The molecule has 15 heavy (non-hydrogen) atoms. The molecule has 1 aromatic rings. The molecule has 1 aliphatic heterocycles. The number of carbonyl (C=O) groups is 1. The van der Waals surface area contributed by atoms with E-state index in [0.717, 1.165) is 19.4 Å². The van der Waals surface area contributed by atoms with Gasteiger partial charge in [0.1, 0.15) is 0 Å². The van der Waals surface area contributed by atoms with E-state index in [9.17, 15) is 4.79 Å². The molecule has 1 saturated heterocycles. The maximum absolute atomic E-state index is 11.6. The molecular formula is C9H13BrN4O. The Morgan fingerprint density at radius 3 is 2.80 bits per heavy atom. The van der Waals surface area contributed by atoms with Crippen LogP contribution in [-0.4, -0.2) is 28.5 Å². The lowest BCUT2D eigenvalue weighted by Crippen LogP contribution is -2.35. The first-order chi connectivity index (χ1) is 6.86. The van der Waals surface area contributed by atoms with Crippen LogP contribution in [0.3, 0.4) is 0 Å². The highest BCUT2D eigenvalue weighted by Crippen LogP contribution is 2.06. The zero-order valence-corrected chi connectivity index (χ0v) is 9.85. The fourth-order valence-corrected chi connectivity index (χ4v) is 1.47. The van der Waals surface area contributed by atoms with Crippen molar-refractivity contribution in [1.29, 1.82) is 0 Å². The number of amides is 1. The first-order valence-corrected chi connectivity index (χ1v) is 4.67. The van der Waals surface area contributed by atoms with Crippen molar-refractivity contribution in [3.05, 3.63) is 18.5 Å². The van der Waals surface area contributed by atoms with Gasteiger partial charge in [-0.3, -0.25) is 10.1 Å². The molecule has 82 valence electrons. The van der Waals surface area contributed by atoms with Crippen LogP contribution in [0.25, 0.3) is 0 Å². The summed E-state index contributed by atoms with van der Waals surface area (Å²) in [5.74, 6) is 0.319. The van der Waals surface area contributed by atoms with Crippen molar-refractivity contribution in [1.82, 2.24) is 15.3 Å². The minimum atomic E-state index is -0.0844. The molecular weight excluding hydrogens is 260 g/mol. The summed E-state index contributed by atoms with van der Waals surface area (Å²) in [5.41, 5.74) is 0. The van der Waals surface area contributed by atoms with Gasteiger partial charge in [0, 0.05) is 12.4 Å². The monoisotopic (exact) mass is 272 g/mol. The average Bonchev–Trinajstić information content (AvgIpc) is 2.72. The van der Waals surface area contributed by atoms with Crippen LogP contribution in [-0.2, 0) is 4.79 Å². The zero-order valence-electron chi connectivity index (χ0n) is 8.14. The third-order valence-corrected chi connectivity index (χ3v) is 2.18. The number of halogens is 1. The van der Waals surface area contributed by atoms with Gasteiger partial charge in [-0.05, 0) is 25.5 Å². The van der Waals surface area contributed by atoms with Crippen molar-refractivity contribution in [3.63, 3.8) is 0 Å². The van der Waals surface area contributed by atoms with Crippen LogP contribution >= 0.6 is 17.0 Å². The second kappa shape index (κ2) is 5.77. The topological polar surface area (TPSA) is 66.9 Å². The van der Waals surface area contributed by atoms with Crippen molar-refractivity contribution >= 4 is 28.8 Å². The number of nitrogens with zero attached hydrogens (tertiary/aromatic N) is 2. The number of hydrogen-bond donors (Lipinski definition) is 2. The lowest BCUT2D eigenvalue weighted by molar-refractivity contribution is -0.117. The Balaban J connectivity index is 0.00000112. The van der Waals surface area contributed by atoms with E-state index in [0.29, 0.717) is 5.95 Å². The van der Waals surface area contributed by atoms with Crippen molar-refractivity contribution in [2.45, 2.75) is 18.9 Å². The van der Waals surface area contributed by atoms with Crippen molar-refractivity contribution in [3.8, 4) is 0 Å². The Hall–Kier alpha value is -1.01. The van der Waals surface area contributed by atoms with E-state index in [1.807, 2.05) is 0 Å². The van der Waals surface area contributed by atoms with Gasteiger partial charge in [-0.1, -0.05) is 0 Å². The molecule has 2 heterocycles. The normalized spacial score (nSPS) is 19.3. The molecule has 0 aliphatic carbocycles. The SMILES string of the molecule is Br.O=C(Nc1ncccn1)C1CCCN1. The van der Waals surface area contributed by atoms with Crippen LogP contribution < -0.4 is 10.6 Å². The molecule has 1 amide bonds. The van der Waals surface area contributed by atoms with Gasteiger partial charge in [-0.2, -0.15) is 0 Å². The summed E-state index contributed by atoms with van der Waals surface area (Å²) < 4.78 is 0. The molecule has 1 atom stereocenters. The standard InChI is InChI=1S/C9H12N4O.BrH/c14-8(7-3-1-4-10-7)13-9-11-5-2-6-12-9;/h2,5-7,10H,1,3-4H2,(H,11,12,13,14);1H. The Kier molecular flexibility index (Phi) is 4.64. The molecule has 1 aromatic heterocycles. The highest BCUT2D eigenvalue weighted by atomic mass is 79.9. The van der Waals surface area contributed by atoms with Gasteiger partial charge < -0.3 is 5.32 Å². The number of anilines is 1. The molecule has 5 nitrogen and oxygen atoms in total. The highest BCUT2D eigenvalue weighted by Gasteiger charge is 2.22. The third-order valence-electron chi connectivity index (χ3n) is 2.18. The smallest absolute Gasteiger partial charge is 0.243 e. The molecule has 0 aromatic carbocycles. The highest BCUT2D eigenvalue weighted by molar-refractivity contribution is 8.93. The minimum Gasteiger partial charge on any atom is -0.306 e. The lowest BCUT2D eigenvalue weighted by Gasteiger charge is -2.08. The summed E-state index contributed by atoms with van der Waals surface area (Å²) in [6.07, 6.45) is 5.14. The predicted octanol–water partition coefficient (Wildman–Crippen LogP) is 0.745. The van der Waals surface area contributed by atoms with Crippen molar-refractivity contribution in [2.24, 2.45) is 0 Å². The fourth-order valence-electron chi connectivity index (χ4n) is 1.47. The molecule has 0 saturated carbocycles. The summed E-state index contributed by atoms with van der Waals surface area (Å²) in [6.45, 7) is 0.910. The average molecular weight is 273 g/mol. The van der Waals surface area contributed by atoms with Gasteiger partial charge >= 0.3 is 0 Å². The summed E-state index contributed by atoms with van der Waals surface area (Å²) >= 11 is 0. The van der Waals surface area contributed by atoms with E-state index < -0.39 is 0 Å². The Morgan fingerprint density at radius 2 is 2.20 bits per heavy atom. The van der Waals surface area contributed by atoms with E-state index in [-0.39, 0.29) is 28.9 Å². The van der Waals surface area contributed by atoms with Crippen LogP contribution in [0.2, 0.25) is 0 Å². The molecule has 2 rings (SSSR count). The molecule has 0 bridgehead atoms. The van der Waals surface area contributed by atoms with Crippen LogP contribution in [0.1, 0.15) is 12.8 Å². The van der Waals surface area contributed by atoms with E-state index in [2.05, 4.69) is 20.6 Å². The van der Waals surface area contributed by atoms with Gasteiger partial charge in [0.15, 0.2) is 0 Å². The first kappa shape index (κ1) is 12.1. The van der Waals surface area contributed by atoms with E-state index in [1.165, 1.54) is 0 Å². The van der Waals surface area contributed by atoms with Gasteiger partial charge in [0.25, 0.3) is 0 Å². The number of hydrogen-bond acceptors (Lipinski definition) is 4. The molecule has 6 heteroatoms. The Bertz CT molecular complexity index is 313. The second-order valence-electron chi connectivity index (χ2n) is 3.21. The third kappa shape index (κ3) is 3.24.